The molecule has 2 heteroatoms. The lowest BCUT2D eigenvalue weighted by Gasteiger charge is -2.09. The van der Waals surface area contributed by atoms with Gasteiger partial charge in [-0.05, 0) is 17.0 Å². The van der Waals surface area contributed by atoms with Crippen LogP contribution in [0.2, 0.25) is 0 Å². The fourth-order valence-electron chi connectivity index (χ4n) is 1.75. The van der Waals surface area contributed by atoms with E-state index in [9.17, 15) is 0 Å². The van der Waals surface area contributed by atoms with E-state index in [4.69, 9.17) is 4.84 Å². The summed E-state index contributed by atoms with van der Waals surface area (Å²) in [6.07, 6.45) is 3.98. The van der Waals surface area contributed by atoms with Crippen LogP contribution in [-0.4, -0.2) is 12.3 Å². The van der Waals surface area contributed by atoms with Crippen molar-refractivity contribution in [3.8, 4) is 0 Å². The zero-order valence-electron chi connectivity index (χ0n) is 9.31. The van der Waals surface area contributed by atoms with Crippen molar-refractivity contribution in [3.63, 3.8) is 0 Å². The average molecular weight is 203 g/mol. The van der Waals surface area contributed by atoms with E-state index in [0.717, 1.165) is 12.8 Å². The number of benzene rings is 1. The molecule has 0 N–H and O–H groups in total. The minimum atomic E-state index is 0.245. The van der Waals surface area contributed by atoms with Crippen molar-refractivity contribution < 1.29 is 4.84 Å². The highest BCUT2D eigenvalue weighted by molar-refractivity contribution is 5.58. The van der Waals surface area contributed by atoms with Crippen LogP contribution in [0.3, 0.4) is 0 Å². The first-order valence-corrected chi connectivity index (χ1v) is 5.52. The number of hydrogen-bond donors (Lipinski definition) is 0. The fourth-order valence-corrected chi connectivity index (χ4v) is 1.75. The molecule has 0 aromatic heterocycles. The molecule has 0 aliphatic carbocycles. The van der Waals surface area contributed by atoms with Crippen LogP contribution >= 0.6 is 0 Å². The normalized spacial score (nSPS) is 19.5. The molecule has 0 saturated carbocycles. The Morgan fingerprint density at radius 2 is 2.07 bits per heavy atom. The van der Waals surface area contributed by atoms with Gasteiger partial charge >= 0.3 is 0 Å². The van der Waals surface area contributed by atoms with E-state index in [2.05, 4.69) is 43.3 Å². The summed E-state index contributed by atoms with van der Waals surface area (Å²) in [6, 6.07) is 8.79. The van der Waals surface area contributed by atoms with E-state index < -0.39 is 0 Å². The van der Waals surface area contributed by atoms with Crippen LogP contribution < -0.4 is 0 Å². The van der Waals surface area contributed by atoms with Crippen LogP contribution in [-0.2, 0) is 11.3 Å². The van der Waals surface area contributed by atoms with Gasteiger partial charge in [0.25, 0.3) is 0 Å². The largest absolute Gasteiger partial charge is 0.392 e. The Morgan fingerprint density at radius 1 is 1.33 bits per heavy atom. The predicted octanol–water partition coefficient (Wildman–Crippen LogP) is 3.13. The minimum absolute atomic E-state index is 0.245. The summed E-state index contributed by atoms with van der Waals surface area (Å²) in [6.45, 7) is 4.42. The first kappa shape index (κ1) is 10.2. The summed E-state index contributed by atoms with van der Waals surface area (Å²) in [4.78, 5) is 5.20. The third-order valence-electron chi connectivity index (χ3n) is 2.76. The molecule has 1 aromatic rings. The Kier molecular flexibility index (Phi) is 3.05. The van der Waals surface area contributed by atoms with E-state index >= 15 is 0 Å². The van der Waals surface area contributed by atoms with Gasteiger partial charge in [0.1, 0.15) is 6.10 Å². The first-order valence-electron chi connectivity index (χ1n) is 5.52. The SMILES string of the molecule is CC(C)c1ccc(CC2CC=NO2)cc1. The molecule has 15 heavy (non-hydrogen) atoms. The van der Waals surface area contributed by atoms with Crippen LogP contribution in [0.1, 0.15) is 37.3 Å². The Morgan fingerprint density at radius 3 is 2.60 bits per heavy atom. The molecule has 1 aliphatic heterocycles. The van der Waals surface area contributed by atoms with Gasteiger partial charge in [-0.1, -0.05) is 43.3 Å². The summed E-state index contributed by atoms with van der Waals surface area (Å²) < 4.78 is 0. The molecular weight excluding hydrogens is 186 g/mol. The molecule has 0 bridgehead atoms. The lowest BCUT2D eigenvalue weighted by molar-refractivity contribution is 0.0860. The maximum absolute atomic E-state index is 5.20. The molecule has 1 unspecified atom stereocenters. The summed E-state index contributed by atoms with van der Waals surface area (Å²) in [5.74, 6) is 0.602. The second kappa shape index (κ2) is 4.47. The molecule has 0 radical (unpaired) electrons. The third kappa shape index (κ3) is 2.58. The van der Waals surface area contributed by atoms with Crippen LogP contribution in [0.25, 0.3) is 0 Å². The highest BCUT2D eigenvalue weighted by Gasteiger charge is 2.13. The second-order valence-electron chi connectivity index (χ2n) is 4.35. The van der Waals surface area contributed by atoms with Gasteiger partial charge < -0.3 is 4.84 Å². The van der Waals surface area contributed by atoms with Crippen LogP contribution in [0.15, 0.2) is 29.4 Å². The molecule has 1 heterocycles. The second-order valence-corrected chi connectivity index (χ2v) is 4.35. The molecule has 0 fully saturated rings. The van der Waals surface area contributed by atoms with E-state index in [1.54, 1.807) is 0 Å². The number of nitrogens with zero attached hydrogens (tertiary/aromatic N) is 1. The molecule has 80 valence electrons. The lowest BCUT2D eigenvalue weighted by Crippen LogP contribution is -2.09. The van der Waals surface area contributed by atoms with Crippen LogP contribution in [0.4, 0.5) is 0 Å². The van der Waals surface area contributed by atoms with Gasteiger partial charge in [0.05, 0.1) is 0 Å². The van der Waals surface area contributed by atoms with Gasteiger partial charge in [-0.2, -0.15) is 0 Å². The number of oxime groups is 1. The first-order chi connectivity index (χ1) is 7.25. The Balaban J connectivity index is 1.97. The van der Waals surface area contributed by atoms with Crippen molar-refractivity contribution in [2.45, 2.75) is 38.7 Å². The highest BCUT2D eigenvalue weighted by atomic mass is 16.6. The van der Waals surface area contributed by atoms with E-state index in [-0.39, 0.29) is 6.10 Å². The van der Waals surface area contributed by atoms with E-state index in [1.165, 1.54) is 11.1 Å². The Labute approximate surface area is 90.9 Å². The maximum atomic E-state index is 5.20. The molecule has 0 amide bonds. The maximum Gasteiger partial charge on any atom is 0.136 e. The Bertz CT molecular complexity index is 332. The third-order valence-corrected chi connectivity index (χ3v) is 2.76. The zero-order valence-corrected chi connectivity index (χ0v) is 9.31. The monoisotopic (exact) mass is 203 g/mol. The molecule has 1 aliphatic rings. The van der Waals surface area contributed by atoms with Gasteiger partial charge in [0.15, 0.2) is 0 Å². The topological polar surface area (TPSA) is 21.6 Å². The van der Waals surface area contributed by atoms with Gasteiger partial charge in [-0.3, -0.25) is 0 Å². The van der Waals surface area contributed by atoms with Gasteiger partial charge in [0, 0.05) is 19.1 Å². The molecule has 1 aromatic carbocycles. The summed E-state index contributed by atoms with van der Waals surface area (Å²) in [7, 11) is 0. The summed E-state index contributed by atoms with van der Waals surface area (Å²) >= 11 is 0. The van der Waals surface area contributed by atoms with E-state index in [0.29, 0.717) is 5.92 Å². The van der Waals surface area contributed by atoms with Crippen molar-refractivity contribution in [2.75, 3.05) is 0 Å². The van der Waals surface area contributed by atoms with Crippen LogP contribution in [0.5, 0.6) is 0 Å². The summed E-state index contributed by atoms with van der Waals surface area (Å²) in [5.41, 5.74) is 2.72. The van der Waals surface area contributed by atoms with E-state index in [1.807, 2.05) is 6.21 Å². The molecule has 1 atom stereocenters. The van der Waals surface area contributed by atoms with Crippen molar-refractivity contribution in [1.82, 2.24) is 0 Å². The molecule has 2 rings (SSSR count). The molecular formula is C13H17NO. The van der Waals surface area contributed by atoms with Gasteiger partial charge in [-0.15, -0.1) is 0 Å². The summed E-state index contributed by atoms with van der Waals surface area (Å²) in [5, 5.41) is 3.78. The predicted molar refractivity (Wildman–Crippen MR) is 62.2 cm³/mol. The minimum Gasteiger partial charge on any atom is -0.392 e. The van der Waals surface area contributed by atoms with Crippen molar-refractivity contribution in [1.29, 1.82) is 0 Å². The Hall–Kier alpha value is -1.31. The fraction of sp³-hybridized carbons (Fsp3) is 0.462. The number of rotatable bonds is 3. The van der Waals surface area contributed by atoms with Crippen molar-refractivity contribution >= 4 is 6.21 Å². The quantitative estimate of drug-likeness (QED) is 0.739. The standard InChI is InChI=1S/C13H17NO/c1-10(2)12-5-3-11(4-6-12)9-13-7-8-14-15-13/h3-6,8,10,13H,7,9H2,1-2H3. The molecule has 0 spiro atoms. The van der Waals surface area contributed by atoms with Crippen molar-refractivity contribution in [2.24, 2.45) is 5.16 Å². The highest BCUT2D eigenvalue weighted by Crippen LogP contribution is 2.17. The molecule has 0 saturated heterocycles. The van der Waals surface area contributed by atoms with Gasteiger partial charge in [-0.25, -0.2) is 0 Å². The molecule has 2 nitrogen and oxygen atoms in total. The zero-order chi connectivity index (χ0) is 10.7. The average Bonchev–Trinajstić information content (AvgIpc) is 2.71. The smallest absolute Gasteiger partial charge is 0.136 e. The number of hydrogen-bond acceptors (Lipinski definition) is 2. The lowest BCUT2D eigenvalue weighted by atomic mass is 9.99. The van der Waals surface area contributed by atoms with Gasteiger partial charge in [0.2, 0.25) is 0 Å². The van der Waals surface area contributed by atoms with Crippen LogP contribution in [0, 0.1) is 0 Å². The van der Waals surface area contributed by atoms with Crippen molar-refractivity contribution in [3.05, 3.63) is 35.4 Å².